The van der Waals surface area contributed by atoms with Gasteiger partial charge in [0.2, 0.25) is 0 Å². The molecule has 7 nitrogen and oxygen atoms in total. The quantitative estimate of drug-likeness (QED) is 0.312. The van der Waals surface area contributed by atoms with Gasteiger partial charge in [0.05, 0.1) is 6.20 Å². The highest BCUT2D eigenvalue weighted by molar-refractivity contribution is 8.45. The normalized spacial score (nSPS) is 17.3. The fraction of sp³-hybridized carbons (Fsp3) is 0.227. The van der Waals surface area contributed by atoms with E-state index in [0.29, 0.717) is 28.9 Å². The van der Waals surface area contributed by atoms with Crippen molar-refractivity contribution < 1.29 is 19.4 Å². The molecule has 2 N–H and O–H groups in total. The Balaban J connectivity index is 1.46. The molecule has 0 unspecified atom stereocenters. The van der Waals surface area contributed by atoms with Crippen LogP contribution >= 0.6 is 10.2 Å². The van der Waals surface area contributed by atoms with Crippen LogP contribution < -0.4 is 10.2 Å². The SMILES string of the molecule is CN1CCN(c2ccc(Nc3nc(-c4cccc(S(F)(F)(F)(F)F)c4)nc4cn[nH]c34)cc2)CC1. The topological polar surface area (TPSA) is 73.0 Å². The molecule has 0 aliphatic carbocycles. The first kappa shape index (κ1) is 23.3. The van der Waals surface area contributed by atoms with E-state index < -0.39 is 15.1 Å². The first-order chi connectivity index (χ1) is 16.4. The molecule has 0 saturated carbocycles. The Morgan fingerprint density at radius 2 is 1.63 bits per heavy atom. The van der Waals surface area contributed by atoms with E-state index in [-0.39, 0.29) is 17.2 Å². The van der Waals surface area contributed by atoms with Crippen molar-refractivity contribution in [3.63, 3.8) is 0 Å². The minimum Gasteiger partial charge on any atom is -0.369 e. The zero-order chi connectivity index (χ0) is 24.9. The van der Waals surface area contributed by atoms with Crippen molar-refractivity contribution in [2.24, 2.45) is 0 Å². The van der Waals surface area contributed by atoms with Gasteiger partial charge in [-0.1, -0.05) is 31.6 Å². The summed E-state index contributed by atoms with van der Waals surface area (Å²) in [4.78, 5) is 11.1. The fourth-order valence-corrected chi connectivity index (χ4v) is 4.58. The number of fused-ring (bicyclic) bond motifs is 1. The van der Waals surface area contributed by atoms with Crippen LogP contribution in [0.1, 0.15) is 0 Å². The van der Waals surface area contributed by atoms with Gasteiger partial charge in [0.25, 0.3) is 0 Å². The van der Waals surface area contributed by atoms with E-state index in [4.69, 9.17) is 0 Å². The number of nitrogens with zero attached hydrogens (tertiary/aromatic N) is 5. The van der Waals surface area contributed by atoms with Gasteiger partial charge in [-0.2, -0.15) is 5.10 Å². The van der Waals surface area contributed by atoms with E-state index in [2.05, 4.69) is 42.3 Å². The van der Waals surface area contributed by atoms with Gasteiger partial charge in [-0.3, -0.25) is 5.10 Å². The van der Waals surface area contributed by atoms with Crippen molar-refractivity contribution in [2.45, 2.75) is 4.90 Å². The van der Waals surface area contributed by atoms with Gasteiger partial charge in [-0.05, 0) is 43.4 Å². The second-order valence-electron chi connectivity index (χ2n) is 8.49. The number of piperazine rings is 1. The largest absolute Gasteiger partial charge is 0.369 e. The molecular formula is C22H22F5N7S. The second kappa shape index (κ2) is 7.52. The average Bonchev–Trinajstić information content (AvgIpc) is 3.28. The highest BCUT2D eigenvalue weighted by Gasteiger charge is 2.65. The number of aromatic amines is 1. The summed E-state index contributed by atoms with van der Waals surface area (Å²) in [5, 5.41) is 9.81. The third kappa shape index (κ3) is 5.00. The van der Waals surface area contributed by atoms with Gasteiger partial charge in [0.15, 0.2) is 11.6 Å². The fourth-order valence-electron chi connectivity index (χ4n) is 3.89. The minimum atomic E-state index is -9.85. The Bertz CT molecular complexity index is 1380. The zero-order valence-corrected chi connectivity index (χ0v) is 19.4. The van der Waals surface area contributed by atoms with Gasteiger partial charge in [-0.25, -0.2) is 9.97 Å². The zero-order valence-electron chi connectivity index (χ0n) is 18.6. The van der Waals surface area contributed by atoms with Crippen LogP contribution in [0.25, 0.3) is 22.4 Å². The maximum Gasteiger partial charge on any atom is 0.310 e. The summed E-state index contributed by atoms with van der Waals surface area (Å²) in [5.41, 5.74) is 2.33. The van der Waals surface area contributed by atoms with Crippen LogP contribution in [0.15, 0.2) is 59.6 Å². The number of halogens is 5. The van der Waals surface area contributed by atoms with Crippen molar-refractivity contribution in [3.05, 3.63) is 54.7 Å². The molecule has 3 heterocycles. The maximum atomic E-state index is 13.3. The molecule has 1 saturated heterocycles. The van der Waals surface area contributed by atoms with Crippen LogP contribution in [0.2, 0.25) is 0 Å². The summed E-state index contributed by atoms with van der Waals surface area (Å²) in [6.07, 6.45) is 1.39. The molecule has 0 amide bonds. The maximum absolute atomic E-state index is 13.3. The molecule has 1 aliphatic heterocycles. The van der Waals surface area contributed by atoms with Crippen LogP contribution in [0, 0.1) is 0 Å². The second-order valence-corrected chi connectivity index (χ2v) is 10.9. The third-order valence-corrected chi connectivity index (χ3v) is 6.98. The number of rotatable bonds is 5. The molecule has 0 bridgehead atoms. The number of nitrogens with one attached hydrogen (secondary N) is 2. The van der Waals surface area contributed by atoms with E-state index in [0.717, 1.165) is 37.9 Å². The smallest absolute Gasteiger partial charge is 0.310 e. The Morgan fingerprint density at radius 3 is 2.31 bits per heavy atom. The molecule has 1 aliphatic rings. The number of benzene rings is 2. The first-order valence-corrected chi connectivity index (χ1v) is 12.7. The average molecular weight is 512 g/mol. The standard InChI is InChI=1S/C22H22F5N7S/c1-33-9-11-34(12-10-33)17-7-5-16(6-8-17)29-22-20-19(14-28-32-20)30-21(31-22)15-3-2-4-18(13-15)35(23,24,25,26)27/h2-8,13-14H,9-12H2,1H3,(H,28,32)(H,29,30,31). The molecule has 2 aromatic carbocycles. The van der Waals surface area contributed by atoms with Gasteiger partial charge >= 0.3 is 10.2 Å². The summed E-state index contributed by atoms with van der Waals surface area (Å²) < 4.78 is 66.6. The van der Waals surface area contributed by atoms with Crippen molar-refractivity contribution in [1.82, 2.24) is 25.1 Å². The number of hydrogen-bond donors (Lipinski definition) is 2. The molecule has 0 spiro atoms. The Hall–Kier alpha value is -3.45. The summed E-state index contributed by atoms with van der Waals surface area (Å²) in [6, 6.07) is 10.6. The third-order valence-electron chi connectivity index (χ3n) is 5.84. The van der Waals surface area contributed by atoms with Crippen LogP contribution in [-0.4, -0.2) is 58.3 Å². The molecule has 4 aromatic rings. The van der Waals surface area contributed by atoms with Crippen LogP contribution in [-0.2, 0) is 0 Å². The van der Waals surface area contributed by atoms with E-state index in [1.54, 1.807) is 0 Å². The van der Waals surface area contributed by atoms with Gasteiger partial charge in [0, 0.05) is 43.1 Å². The van der Waals surface area contributed by atoms with Crippen molar-refractivity contribution >= 4 is 38.5 Å². The molecule has 35 heavy (non-hydrogen) atoms. The number of H-pyrrole nitrogens is 1. The van der Waals surface area contributed by atoms with E-state index in [1.165, 1.54) is 12.3 Å². The summed E-state index contributed by atoms with van der Waals surface area (Å²) in [5.74, 6) is 0.117. The molecule has 5 rings (SSSR count). The Morgan fingerprint density at radius 1 is 0.914 bits per heavy atom. The highest BCUT2D eigenvalue weighted by atomic mass is 32.5. The lowest BCUT2D eigenvalue weighted by atomic mass is 10.2. The highest BCUT2D eigenvalue weighted by Crippen LogP contribution is 3.02. The van der Waals surface area contributed by atoms with Gasteiger partial charge < -0.3 is 15.1 Å². The number of aromatic nitrogens is 4. The first-order valence-electron chi connectivity index (χ1n) is 10.7. The summed E-state index contributed by atoms with van der Waals surface area (Å²) >= 11 is 0. The van der Waals surface area contributed by atoms with Crippen molar-refractivity contribution in [2.75, 3.05) is 43.4 Å². The number of anilines is 3. The Labute approximate surface area is 197 Å². The summed E-state index contributed by atoms with van der Waals surface area (Å²) in [6.45, 7) is 3.80. The van der Waals surface area contributed by atoms with Crippen LogP contribution in [0.3, 0.4) is 0 Å². The van der Waals surface area contributed by atoms with Crippen LogP contribution in [0.4, 0.5) is 36.6 Å². The molecule has 13 heteroatoms. The van der Waals surface area contributed by atoms with Crippen molar-refractivity contribution in [1.29, 1.82) is 0 Å². The molecule has 1 fully saturated rings. The van der Waals surface area contributed by atoms with E-state index >= 15 is 0 Å². The lowest BCUT2D eigenvalue weighted by Crippen LogP contribution is -2.44. The minimum absolute atomic E-state index is 0.140. The molecule has 2 aromatic heterocycles. The van der Waals surface area contributed by atoms with E-state index in [1.807, 2.05) is 24.3 Å². The Kier molecular flexibility index (Phi) is 5.01. The predicted molar refractivity (Wildman–Crippen MR) is 128 cm³/mol. The summed E-state index contributed by atoms with van der Waals surface area (Å²) in [7, 11) is -7.76. The van der Waals surface area contributed by atoms with Gasteiger partial charge in [-0.15, -0.1) is 0 Å². The van der Waals surface area contributed by atoms with Crippen molar-refractivity contribution in [3.8, 4) is 11.4 Å². The molecule has 0 radical (unpaired) electrons. The predicted octanol–water partition coefficient (Wildman–Crippen LogP) is 6.17. The molecular weight excluding hydrogens is 489 g/mol. The van der Waals surface area contributed by atoms with Crippen LogP contribution in [0.5, 0.6) is 0 Å². The molecule has 0 atom stereocenters. The number of hydrogen-bond acceptors (Lipinski definition) is 6. The van der Waals surface area contributed by atoms with E-state index in [9.17, 15) is 19.4 Å². The monoisotopic (exact) mass is 511 g/mol. The lowest BCUT2D eigenvalue weighted by molar-refractivity contribution is 0.313. The molecule has 186 valence electrons. The number of likely N-dealkylation sites (N-methyl/N-ethyl adjacent to an activating group) is 1. The van der Waals surface area contributed by atoms with Gasteiger partial charge in [0.1, 0.15) is 15.9 Å². The lowest BCUT2D eigenvalue weighted by Gasteiger charge is -2.40.